The second-order valence-corrected chi connectivity index (χ2v) is 4.34. The van der Waals surface area contributed by atoms with Gasteiger partial charge in [-0.25, -0.2) is 4.79 Å². The first-order valence-corrected chi connectivity index (χ1v) is 5.07. The van der Waals surface area contributed by atoms with Crippen LogP contribution in [0.5, 0.6) is 0 Å². The van der Waals surface area contributed by atoms with Crippen LogP contribution < -0.4 is 10.6 Å². The summed E-state index contributed by atoms with van der Waals surface area (Å²) in [7, 11) is 0. The molecule has 11 heavy (non-hydrogen) atoms. The molecule has 2 saturated heterocycles. The number of amides is 2. The van der Waals surface area contributed by atoms with Crippen LogP contribution >= 0.6 is 11.8 Å². The maximum absolute atomic E-state index is 10.9. The van der Waals surface area contributed by atoms with Gasteiger partial charge >= 0.3 is 6.03 Å². The molecule has 0 radical (unpaired) electrons. The zero-order valence-corrected chi connectivity index (χ0v) is 7.28. The Morgan fingerprint density at radius 2 is 2.27 bits per heavy atom. The molecule has 62 valence electrons. The normalized spacial score (nSPS) is 42.6. The van der Waals surface area contributed by atoms with Crippen molar-refractivity contribution in [1.29, 1.82) is 0 Å². The minimum Gasteiger partial charge on any atom is -0.333 e. The van der Waals surface area contributed by atoms with Crippen LogP contribution in [0.15, 0.2) is 0 Å². The SMILES string of the molecule is CC1CSC[C@@H]2NC(=O)N[C@H]12. The van der Waals surface area contributed by atoms with Crippen LogP contribution in [-0.4, -0.2) is 29.6 Å². The van der Waals surface area contributed by atoms with E-state index in [1.807, 2.05) is 11.8 Å². The van der Waals surface area contributed by atoms with E-state index in [1.165, 1.54) is 5.75 Å². The number of carbonyl (C=O) groups excluding carboxylic acids is 1. The van der Waals surface area contributed by atoms with Crippen LogP contribution in [0.3, 0.4) is 0 Å². The third-order valence-corrected chi connectivity index (χ3v) is 3.70. The first kappa shape index (κ1) is 7.28. The maximum atomic E-state index is 10.9. The highest BCUT2D eigenvalue weighted by atomic mass is 32.2. The lowest BCUT2D eigenvalue weighted by molar-refractivity contribution is 0.246. The van der Waals surface area contributed by atoms with Gasteiger partial charge in [-0.3, -0.25) is 0 Å². The molecule has 2 aliphatic heterocycles. The van der Waals surface area contributed by atoms with E-state index in [2.05, 4.69) is 17.6 Å². The number of thioether (sulfide) groups is 1. The number of rotatable bonds is 0. The molecule has 0 saturated carbocycles. The van der Waals surface area contributed by atoms with Crippen molar-refractivity contribution >= 4 is 17.8 Å². The average Bonchev–Trinajstić information content (AvgIpc) is 2.31. The van der Waals surface area contributed by atoms with Crippen molar-refractivity contribution in [2.24, 2.45) is 5.92 Å². The third kappa shape index (κ3) is 1.20. The lowest BCUT2D eigenvalue weighted by atomic mass is 9.99. The number of hydrogen-bond donors (Lipinski definition) is 2. The maximum Gasteiger partial charge on any atom is 0.315 e. The average molecular weight is 172 g/mol. The molecular weight excluding hydrogens is 160 g/mol. The van der Waals surface area contributed by atoms with Gasteiger partial charge in [-0.15, -0.1) is 0 Å². The third-order valence-electron chi connectivity index (χ3n) is 2.34. The van der Waals surface area contributed by atoms with Gasteiger partial charge in [0.25, 0.3) is 0 Å². The van der Waals surface area contributed by atoms with Crippen LogP contribution in [0.1, 0.15) is 6.92 Å². The van der Waals surface area contributed by atoms with Gasteiger partial charge in [-0.05, 0) is 11.7 Å². The number of hydrogen-bond acceptors (Lipinski definition) is 2. The summed E-state index contributed by atoms with van der Waals surface area (Å²) in [6.45, 7) is 2.19. The zero-order valence-electron chi connectivity index (χ0n) is 6.46. The fraction of sp³-hybridized carbons (Fsp3) is 0.857. The molecule has 2 N–H and O–H groups in total. The summed E-state index contributed by atoms with van der Waals surface area (Å²) in [6, 6.07) is 0.759. The Morgan fingerprint density at radius 3 is 3.00 bits per heavy atom. The molecule has 4 heteroatoms. The summed E-state index contributed by atoms with van der Waals surface area (Å²) >= 11 is 1.93. The molecule has 2 amide bonds. The summed E-state index contributed by atoms with van der Waals surface area (Å²) in [5, 5.41) is 5.86. The van der Waals surface area contributed by atoms with Gasteiger partial charge in [0.15, 0.2) is 0 Å². The Labute approximate surface area is 70.3 Å². The molecule has 0 spiro atoms. The number of carbonyl (C=O) groups is 1. The van der Waals surface area contributed by atoms with Crippen LogP contribution in [0.4, 0.5) is 4.79 Å². The van der Waals surface area contributed by atoms with Gasteiger partial charge in [0.2, 0.25) is 0 Å². The highest BCUT2D eigenvalue weighted by Gasteiger charge is 2.37. The van der Waals surface area contributed by atoms with E-state index in [-0.39, 0.29) is 6.03 Å². The number of fused-ring (bicyclic) bond motifs is 1. The summed E-state index contributed by atoms with van der Waals surface area (Å²) in [5.41, 5.74) is 0. The molecule has 1 unspecified atom stereocenters. The quantitative estimate of drug-likeness (QED) is 0.556. The first-order valence-electron chi connectivity index (χ1n) is 3.92. The van der Waals surface area contributed by atoms with Crippen LogP contribution in [0, 0.1) is 5.92 Å². The lowest BCUT2D eigenvalue weighted by Gasteiger charge is -2.29. The molecule has 0 bridgehead atoms. The Morgan fingerprint density at radius 1 is 1.45 bits per heavy atom. The van der Waals surface area contributed by atoms with Crippen molar-refractivity contribution in [3.8, 4) is 0 Å². The van der Waals surface area contributed by atoms with E-state index in [0.717, 1.165) is 5.75 Å². The van der Waals surface area contributed by atoms with Gasteiger partial charge in [0, 0.05) is 5.75 Å². The van der Waals surface area contributed by atoms with Crippen LogP contribution in [-0.2, 0) is 0 Å². The second kappa shape index (κ2) is 2.59. The standard InChI is InChI=1S/C7H12N2OS/c1-4-2-11-3-5-6(4)9-7(10)8-5/h4-6H,2-3H2,1H3,(H2,8,9,10)/t4?,5-,6+/m0/s1. The highest BCUT2D eigenvalue weighted by Crippen LogP contribution is 2.25. The highest BCUT2D eigenvalue weighted by molar-refractivity contribution is 7.99. The van der Waals surface area contributed by atoms with Gasteiger partial charge in [0.05, 0.1) is 12.1 Å². The Balaban J connectivity index is 2.09. The minimum atomic E-state index is 0.00866. The number of nitrogens with one attached hydrogen (secondary N) is 2. The van der Waals surface area contributed by atoms with E-state index >= 15 is 0 Å². The van der Waals surface area contributed by atoms with Gasteiger partial charge in [0.1, 0.15) is 0 Å². The van der Waals surface area contributed by atoms with Crippen molar-refractivity contribution < 1.29 is 4.79 Å². The van der Waals surface area contributed by atoms with Crippen molar-refractivity contribution in [1.82, 2.24) is 10.6 Å². The molecule has 0 aromatic rings. The largest absolute Gasteiger partial charge is 0.333 e. The van der Waals surface area contributed by atoms with Crippen LogP contribution in [0.25, 0.3) is 0 Å². The molecule has 3 nitrogen and oxygen atoms in total. The monoisotopic (exact) mass is 172 g/mol. The number of urea groups is 1. The topological polar surface area (TPSA) is 41.1 Å². The molecule has 3 atom stereocenters. The summed E-state index contributed by atoms with van der Waals surface area (Å²) in [4.78, 5) is 10.9. The molecule has 0 aromatic carbocycles. The smallest absolute Gasteiger partial charge is 0.315 e. The predicted molar refractivity (Wildman–Crippen MR) is 45.7 cm³/mol. The van der Waals surface area contributed by atoms with Crippen LogP contribution in [0.2, 0.25) is 0 Å². The molecular formula is C7H12N2OS. The van der Waals surface area contributed by atoms with Crippen molar-refractivity contribution in [2.45, 2.75) is 19.0 Å². The lowest BCUT2D eigenvalue weighted by Crippen LogP contribution is -2.44. The molecule has 2 heterocycles. The summed E-state index contributed by atoms with van der Waals surface area (Å²) in [6.07, 6.45) is 0. The van der Waals surface area contributed by atoms with Crippen molar-refractivity contribution in [3.05, 3.63) is 0 Å². The van der Waals surface area contributed by atoms with E-state index < -0.39 is 0 Å². The summed E-state index contributed by atoms with van der Waals surface area (Å²) < 4.78 is 0. The van der Waals surface area contributed by atoms with E-state index in [0.29, 0.717) is 18.0 Å². The molecule has 2 aliphatic rings. The molecule has 0 aromatic heterocycles. The molecule has 2 fully saturated rings. The van der Waals surface area contributed by atoms with E-state index in [4.69, 9.17) is 0 Å². The molecule has 0 aliphatic carbocycles. The Hall–Kier alpha value is -0.380. The van der Waals surface area contributed by atoms with Crippen molar-refractivity contribution in [3.63, 3.8) is 0 Å². The second-order valence-electron chi connectivity index (χ2n) is 3.26. The first-order chi connectivity index (χ1) is 5.27. The van der Waals surface area contributed by atoms with Gasteiger partial charge in [-0.2, -0.15) is 11.8 Å². The fourth-order valence-corrected chi connectivity index (χ4v) is 2.98. The Bertz CT molecular complexity index is 185. The van der Waals surface area contributed by atoms with E-state index in [1.54, 1.807) is 0 Å². The Kier molecular flexibility index (Phi) is 1.71. The van der Waals surface area contributed by atoms with Crippen molar-refractivity contribution in [2.75, 3.05) is 11.5 Å². The van der Waals surface area contributed by atoms with E-state index in [9.17, 15) is 4.79 Å². The zero-order chi connectivity index (χ0) is 7.84. The predicted octanol–water partition coefficient (Wildman–Crippen LogP) is 0.419. The van der Waals surface area contributed by atoms with Gasteiger partial charge < -0.3 is 10.6 Å². The van der Waals surface area contributed by atoms with Gasteiger partial charge in [-0.1, -0.05) is 6.92 Å². The summed E-state index contributed by atoms with van der Waals surface area (Å²) in [5.74, 6) is 2.84. The minimum absolute atomic E-state index is 0.00866. The fourth-order valence-electron chi connectivity index (χ4n) is 1.72. The molecule has 2 rings (SSSR count).